The molecule has 1 saturated heterocycles. The summed E-state index contributed by atoms with van der Waals surface area (Å²) < 4.78 is 5.95. The third kappa shape index (κ3) is 3.63. The first-order chi connectivity index (χ1) is 8.66. The van der Waals surface area contributed by atoms with Crippen LogP contribution < -0.4 is 9.64 Å². The lowest BCUT2D eigenvalue weighted by atomic mass is 10.1. The number of aryl methyl sites for hydroxylation is 2. The molecule has 1 aromatic carbocycles. The molecular formula is C15H23ClNO+. The van der Waals surface area contributed by atoms with Gasteiger partial charge in [0, 0.05) is 5.02 Å². The van der Waals surface area contributed by atoms with E-state index in [1.54, 1.807) is 4.90 Å². The van der Waals surface area contributed by atoms with Crippen molar-refractivity contribution in [2.24, 2.45) is 0 Å². The van der Waals surface area contributed by atoms with Crippen LogP contribution in [-0.2, 0) is 0 Å². The minimum Gasteiger partial charge on any atom is -0.487 e. The number of rotatable bonds is 4. The van der Waals surface area contributed by atoms with Crippen LogP contribution in [0.3, 0.4) is 0 Å². The zero-order chi connectivity index (χ0) is 13.0. The van der Waals surface area contributed by atoms with Gasteiger partial charge in [0.25, 0.3) is 0 Å². The van der Waals surface area contributed by atoms with Crippen LogP contribution in [0.2, 0.25) is 5.02 Å². The molecule has 0 amide bonds. The fourth-order valence-electron chi connectivity index (χ4n) is 2.72. The van der Waals surface area contributed by atoms with Crippen molar-refractivity contribution in [1.29, 1.82) is 0 Å². The van der Waals surface area contributed by atoms with Gasteiger partial charge in [0.2, 0.25) is 0 Å². The monoisotopic (exact) mass is 268 g/mol. The van der Waals surface area contributed by atoms with Crippen LogP contribution in [0.15, 0.2) is 12.1 Å². The summed E-state index contributed by atoms with van der Waals surface area (Å²) in [7, 11) is 0. The van der Waals surface area contributed by atoms with Gasteiger partial charge in [0.05, 0.1) is 13.1 Å². The standard InChI is InChI=1S/C15H22ClNO/c1-12-10-14(16)11-13(2)15(12)18-9-8-17-6-4-3-5-7-17/h10-11H,3-9H2,1-2H3/p+1. The van der Waals surface area contributed by atoms with Gasteiger partial charge in [-0.3, -0.25) is 0 Å². The molecule has 1 aliphatic heterocycles. The van der Waals surface area contributed by atoms with Crippen molar-refractivity contribution < 1.29 is 9.64 Å². The second-order valence-corrected chi connectivity index (χ2v) is 5.71. The van der Waals surface area contributed by atoms with E-state index in [1.807, 2.05) is 12.1 Å². The van der Waals surface area contributed by atoms with Crippen molar-refractivity contribution in [3.8, 4) is 5.75 Å². The average molecular weight is 269 g/mol. The number of nitrogens with one attached hydrogen (secondary N) is 1. The second-order valence-electron chi connectivity index (χ2n) is 5.28. The van der Waals surface area contributed by atoms with Gasteiger partial charge in [-0.05, 0) is 56.4 Å². The molecule has 1 aromatic rings. The maximum absolute atomic E-state index is 6.02. The minimum absolute atomic E-state index is 0.791. The largest absolute Gasteiger partial charge is 0.487 e. The van der Waals surface area contributed by atoms with Crippen molar-refractivity contribution in [2.75, 3.05) is 26.2 Å². The average Bonchev–Trinajstić information content (AvgIpc) is 2.34. The maximum Gasteiger partial charge on any atom is 0.137 e. The molecule has 0 bridgehead atoms. The molecule has 0 saturated carbocycles. The molecule has 1 heterocycles. The normalized spacial score (nSPS) is 16.8. The van der Waals surface area contributed by atoms with E-state index in [0.717, 1.165) is 35.1 Å². The van der Waals surface area contributed by atoms with Gasteiger partial charge in [0.1, 0.15) is 18.9 Å². The molecule has 1 aliphatic rings. The first-order valence-electron chi connectivity index (χ1n) is 6.90. The van der Waals surface area contributed by atoms with Gasteiger partial charge in [-0.1, -0.05) is 11.6 Å². The molecule has 1 fully saturated rings. The van der Waals surface area contributed by atoms with E-state index >= 15 is 0 Å². The molecule has 0 aromatic heterocycles. The Balaban J connectivity index is 1.86. The Labute approximate surface area is 115 Å². The molecule has 18 heavy (non-hydrogen) atoms. The number of likely N-dealkylation sites (tertiary alicyclic amines) is 1. The van der Waals surface area contributed by atoms with Crippen molar-refractivity contribution in [3.05, 3.63) is 28.3 Å². The number of quaternary nitrogens is 1. The predicted octanol–water partition coefficient (Wildman–Crippen LogP) is 2.40. The number of hydrogen-bond acceptors (Lipinski definition) is 1. The van der Waals surface area contributed by atoms with Crippen LogP contribution in [0, 0.1) is 13.8 Å². The zero-order valence-corrected chi connectivity index (χ0v) is 12.1. The van der Waals surface area contributed by atoms with Crippen LogP contribution in [0.4, 0.5) is 0 Å². The molecule has 0 aliphatic carbocycles. The number of halogens is 1. The lowest BCUT2D eigenvalue weighted by molar-refractivity contribution is -0.904. The quantitative estimate of drug-likeness (QED) is 0.885. The van der Waals surface area contributed by atoms with Crippen molar-refractivity contribution in [2.45, 2.75) is 33.1 Å². The summed E-state index contributed by atoms with van der Waals surface area (Å²) in [4.78, 5) is 1.69. The van der Waals surface area contributed by atoms with Gasteiger partial charge in [-0.2, -0.15) is 0 Å². The third-order valence-electron chi connectivity index (χ3n) is 3.69. The highest BCUT2D eigenvalue weighted by molar-refractivity contribution is 6.30. The lowest BCUT2D eigenvalue weighted by Gasteiger charge is -2.23. The molecule has 0 atom stereocenters. The van der Waals surface area contributed by atoms with Gasteiger partial charge >= 0.3 is 0 Å². The molecular weight excluding hydrogens is 246 g/mol. The highest BCUT2D eigenvalue weighted by Crippen LogP contribution is 2.26. The number of benzene rings is 1. The summed E-state index contributed by atoms with van der Waals surface area (Å²) in [5, 5.41) is 0.791. The van der Waals surface area contributed by atoms with Gasteiger partial charge in [0.15, 0.2) is 0 Å². The second kappa shape index (κ2) is 6.44. The molecule has 3 heteroatoms. The number of hydrogen-bond donors (Lipinski definition) is 1. The Bertz CT molecular complexity index is 376. The van der Waals surface area contributed by atoms with Gasteiger partial charge in [-0.15, -0.1) is 0 Å². The topological polar surface area (TPSA) is 13.7 Å². The first-order valence-corrected chi connectivity index (χ1v) is 7.28. The maximum atomic E-state index is 6.02. The van der Waals surface area contributed by atoms with Gasteiger partial charge < -0.3 is 9.64 Å². The Hall–Kier alpha value is -0.730. The van der Waals surface area contributed by atoms with E-state index in [2.05, 4.69) is 13.8 Å². The van der Waals surface area contributed by atoms with Crippen LogP contribution in [0.25, 0.3) is 0 Å². The molecule has 100 valence electrons. The fourth-order valence-corrected chi connectivity index (χ4v) is 3.05. The van der Waals surface area contributed by atoms with Crippen molar-refractivity contribution in [1.82, 2.24) is 0 Å². The SMILES string of the molecule is Cc1cc(Cl)cc(C)c1OCC[NH+]1CCCCC1. The van der Waals surface area contributed by atoms with E-state index in [9.17, 15) is 0 Å². The van der Waals surface area contributed by atoms with E-state index in [1.165, 1.54) is 32.4 Å². The highest BCUT2D eigenvalue weighted by atomic mass is 35.5. The minimum atomic E-state index is 0.791. The Morgan fingerprint density at radius 3 is 2.33 bits per heavy atom. The highest BCUT2D eigenvalue weighted by Gasteiger charge is 2.13. The van der Waals surface area contributed by atoms with Crippen LogP contribution in [0.5, 0.6) is 5.75 Å². The van der Waals surface area contributed by atoms with E-state index in [4.69, 9.17) is 16.3 Å². The number of ether oxygens (including phenoxy) is 1. The molecule has 0 radical (unpaired) electrons. The van der Waals surface area contributed by atoms with Crippen LogP contribution >= 0.6 is 11.6 Å². The van der Waals surface area contributed by atoms with Crippen molar-refractivity contribution >= 4 is 11.6 Å². The Morgan fingerprint density at radius 1 is 1.11 bits per heavy atom. The summed E-state index contributed by atoms with van der Waals surface area (Å²) in [5.74, 6) is 1.01. The van der Waals surface area contributed by atoms with E-state index in [0.29, 0.717) is 0 Å². The molecule has 0 unspecified atom stereocenters. The summed E-state index contributed by atoms with van der Waals surface area (Å²) in [6.07, 6.45) is 4.14. The van der Waals surface area contributed by atoms with E-state index in [-0.39, 0.29) is 0 Å². The van der Waals surface area contributed by atoms with Crippen LogP contribution in [-0.4, -0.2) is 26.2 Å². The Morgan fingerprint density at radius 2 is 1.72 bits per heavy atom. The predicted molar refractivity (Wildman–Crippen MR) is 75.8 cm³/mol. The summed E-state index contributed by atoms with van der Waals surface area (Å²) >= 11 is 6.02. The first kappa shape index (κ1) is 13.7. The molecule has 2 nitrogen and oxygen atoms in total. The summed E-state index contributed by atoms with van der Waals surface area (Å²) in [6.45, 7) is 8.65. The van der Waals surface area contributed by atoms with Crippen LogP contribution in [0.1, 0.15) is 30.4 Å². The third-order valence-corrected chi connectivity index (χ3v) is 3.91. The number of piperidine rings is 1. The fraction of sp³-hybridized carbons (Fsp3) is 0.600. The Kier molecular flexibility index (Phi) is 4.90. The summed E-state index contributed by atoms with van der Waals surface area (Å²) in [5.41, 5.74) is 2.27. The van der Waals surface area contributed by atoms with Gasteiger partial charge in [-0.25, -0.2) is 0 Å². The lowest BCUT2D eigenvalue weighted by Crippen LogP contribution is -3.13. The van der Waals surface area contributed by atoms with E-state index < -0.39 is 0 Å². The molecule has 1 N–H and O–H groups in total. The zero-order valence-electron chi connectivity index (χ0n) is 11.4. The molecule has 0 spiro atoms. The smallest absolute Gasteiger partial charge is 0.137 e. The summed E-state index contributed by atoms with van der Waals surface area (Å²) in [6, 6.07) is 3.94. The van der Waals surface area contributed by atoms with Crippen molar-refractivity contribution in [3.63, 3.8) is 0 Å². The molecule has 2 rings (SSSR count).